The fourth-order valence-electron chi connectivity index (χ4n) is 1.39. The monoisotopic (exact) mass is 177 g/mol. The SMILES string of the molecule is CC1CCCN1.Cc1ccccc1. The van der Waals surface area contributed by atoms with E-state index >= 15 is 0 Å². The van der Waals surface area contributed by atoms with Crippen molar-refractivity contribution in [3.63, 3.8) is 0 Å². The van der Waals surface area contributed by atoms with Crippen molar-refractivity contribution < 1.29 is 0 Å². The molecule has 1 N–H and O–H groups in total. The summed E-state index contributed by atoms with van der Waals surface area (Å²) >= 11 is 0. The van der Waals surface area contributed by atoms with Gasteiger partial charge in [-0.1, -0.05) is 35.9 Å². The van der Waals surface area contributed by atoms with Crippen molar-refractivity contribution in [2.45, 2.75) is 32.7 Å². The van der Waals surface area contributed by atoms with Crippen molar-refractivity contribution in [3.8, 4) is 0 Å². The summed E-state index contributed by atoms with van der Waals surface area (Å²) < 4.78 is 0. The molecule has 0 spiro atoms. The maximum atomic E-state index is 3.32. The third-order valence-corrected chi connectivity index (χ3v) is 2.25. The predicted molar refractivity (Wildman–Crippen MR) is 57.9 cm³/mol. The molecule has 1 fully saturated rings. The van der Waals surface area contributed by atoms with Gasteiger partial charge in [-0.15, -0.1) is 0 Å². The van der Waals surface area contributed by atoms with Crippen molar-refractivity contribution >= 4 is 0 Å². The average Bonchev–Trinajstić information content (AvgIpc) is 2.58. The van der Waals surface area contributed by atoms with Gasteiger partial charge in [0.15, 0.2) is 0 Å². The molecule has 1 aliphatic rings. The highest BCUT2D eigenvalue weighted by atomic mass is 14.9. The molecule has 2 rings (SSSR count). The van der Waals surface area contributed by atoms with Crippen LogP contribution in [-0.2, 0) is 0 Å². The van der Waals surface area contributed by atoms with Crippen LogP contribution in [0, 0.1) is 6.92 Å². The molecule has 1 aromatic rings. The van der Waals surface area contributed by atoms with Crippen LogP contribution in [0.4, 0.5) is 0 Å². The van der Waals surface area contributed by atoms with Crippen LogP contribution in [0.5, 0.6) is 0 Å². The van der Waals surface area contributed by atoms with Crippen LogP contribution in [0.2, 0.25) is 0 Å². The summed E-state index contributed by atoms with van der Waals surface area (Å²) in [6.45, 7) is 5.55. The van der Waals surface area contributed by atoms with E-state index < -0.39 is 0 Å². The molecular formula is C12H19N. The van der Waals surface area contributed by atoms with Crippen molar-refractivity contribution in [1.82, 2.24) is 5.32 Å². The summed E-state index contributed by atoms with van der Waals surface area (Å²) in [4.78, 5) is 0. The van der Waals surface area contributed by atoms with E-state index in [0.717, 1.165) is 6.04 Å². The van der Waals surface area contributed by atoms with Crippen molar-refractivity contribution in [2.75, 3.05) is 6.54 Å². The van der Waals surface area contributed by atoms with E-state index in [4.69, 9.17) is 0 Å². The van der Waals surface area contributed by atoms with Crippen LogP contribution in [0.1, 0.15) is 25.3 Å². The molecule has 13 heavy (non-hydrogen) atoms. The lowest BCUT2D eigenvalue weighted by Crippen LogP contribution is -2.16. The maximum Gasteiger partial charge on any atom is 0.00391 e. The normalized spacial score (nSPS) is 20.6. The van der Waals surface area contributed by atoms with Crippen molar-refractivity contribution in [1.29, 1.82) is 0 Å². The largest absolute Gasteiger partial charge is 0.314 e. The fraction of sp³-hybridized carbons (Fsp3) is 0.500. The first-order valence-corrected chi connectivity index (χ1v) is 5.04. The average molecular weight is 177 g/mol. The minimum Gasteiger partial charge on any atom is -0.314 e. The topological polar surface area (TPSA) is 12.0 Å². The molecule has 1 heteroatoms. The lowest BCUT2D eigenvalue weighted by molar-refractivity contribution is 0.664. The summed E-state index contributed by atoms with van der Waals surface area (Å²) in [5, 5.41) is 3.32. The Morgan fingerprint density at radius 1 is 1.23 bits per heavy atom. The molecule has 0 radical (unpaired) electrons. The van der Waals surface area contributed by atoms with Gasteiger partial charge in [0.25, 0.3) is 0 Å². The van der Waals surface area contributed by atoms with E-state index in [2.05, 4.69) is 31.3 Å². The Morgan fingerprint density at radius 2 is 1.92 bits per heavy atom. The van der Waals surface area contributed by atoms with Gasteiger partial charge in [-0.25, -0.2) is 0 Å². The molecule has 72 valence electrons. The first-order valence-electron chi connectivity index (χ1n) is 5.04. The number of rotatable bonds is 0. The van der Waals surface area contributed by atoms with Crippen molar-refractivity contribution in [3.05, 3.63) is 35.9 Å². The quantitative estimate of drug-likeness (QED) is 0.642. The molecular weight excluding hydrogens is 158 g/mol. The molecule has 0 aliphatic carbocycles. The van der Waals surface area contributed by atoms with E-state index in [1.54, 1.807) is 0 Å². The number of nitrogens with one attached hydrogen (secondary N) is 1. The highest BCUT2D eigenvalue weighted by molar-refractivity contribution is 5.11. The third-order valence-electron chi connectivity index (χ3n) is 2.25. The fourth-order valence-corrected chi connectivity index (χ4v) is 1.39. The van der Waals surface area contributed by atoms with Gasteiger partial charge < -0.3 is 5.32 Å². The molecule has 0 saturated carbocycles. The van der Waals surface area contributed by atoms with Gasteiger partial charge in [-0.2, -0.15) is 0 Å². The molecule has 1 heterocycles. The molecule has 0 bridgehead atoms. The molecule has 1 aromatic carbocycles. The van der Waals surface area contributed by atoms with E-state index in [9.17, 15) is 0 Å². The highest BCUT2D eigenvalue weighted by Crippen LogP contribution is 2.01. The lowest BCUT2D eigenvalue weighted by atomic mass is 10.2. The number of benzene rings is 1. The molecule has 0 amide bonds. The van der Waals surface area contributed by atoms with Crippen LogP contribution < -0.4 is 5.32 Å². The van der Waals surface area contributed by atoms with Gasteiger partial charge in [0.2, 0.25) is 0 Å². The van der Waals surface area contributed by atoms with Crippen LogP contribution in [0.25, 0.3) is 0 Å². The lowest BCUT2D eigenvalue weighted by Gasteiger charge is -1.95. The Morgan fingerprint density at radius 3 is 2.15 bits per heavy atom. The minimum atomic E-state index is 0.796. The summed E-state index contributed by atoms with van der Waals surface area (Å²) in [5.74, 6) is 0. The Hall–Kier alpha value is -0.820. The summed E-state index contributed by atoms with van der Waals surface area (Å²) in [5.41, 5.74) is 1.32. The summed E-state index contributed by atoms with van der Waals surface area (Å²) in [6, 6.07) is 11.1. The Kier molecular flexibility index (Phi) is 4.55. The van der Waals surface area contributed by atoms with Gasteiger partial charge in [-0.3, -0.25) is 0 Å². The van der Waals surface area contributed by atoms with Crippen LogP contribution >= 0.6 is 0 Å². The van der Waals surface area contributed by atoms with E-state index in [1.807, 2.05) is 18.2 Å². The Bertz CT molecular complexity index is 212. The van der Waals surface area contributed by atoms with Gasteiger partial charge in [0, 0.05) is 6.04 Å². The first kappa shape index (κ1) is 10.3. The Balaban J connectivity index is 0.000000132. The Labute approximate surface area is 81.2 Å². The van der Waals surface area contributed by atoms with E-state index in [-0.39, 0.29) is 0 Å². The molecule has 1 aliphatic heterocycles. The smallest absolute Gasteiger partial charge is 0.00391 e. The van der Waals surface area contributed by atoms with Crippen LogP contribution in [-0.4, -0.2) is 12.6 Å². The van der Waals surface area contributed by atoms with E-state index in [0.29, 0.717) is 0 Å². The van der Waals surface area contributed by atoms with Gasteiger partial charge in [0.05, 0.1) is 0 Å². The van der Waals surface area contributed by atoms with Crippen LogP contribution in [0.15, 0.2) is 30.3 Å². The molecule has 0 aromatic heterocycles. The molecule has 1 unspecified atom stereocenters. The molecule has 1 nitrogen and oxygen atoms in total. The summed E-state index contributed by atoms with van der Waals surface area (Å²) in [7, 11) is 0. The van der Waals surface area contributed by atoms with Crippen molar-refractivity contribution in [2.24, 2.45) is 0 Å². The standard InChI is InChI=1S/C7H8.C5H11N/c1-7-5-3-2-4-6-7;1-5-3-2-4-6-5/h2-6H,1H3;5-6H,2-4H2,1H3. The number of aryl methyl sites for hydroxylation is 1. The first-order chi connectivity index (χ1) is 6.29. The minimum absolute atomic E-state index is 0.796. The zero-order chi connectivity index (χ0) is 9.52. The predicted octanol–water partition coefficient (Wildman–Crippen LogP) is 2.75. The zero-order valence-corrected chi connectivity index (χ0v) is 8.59. The third kappa shape index (κ3) is 4.69. The highest BCUT2D eigenvalue weighted by Gasteiger charge is 2.05. The van der Waals surface area contributed by atoms with Crippen LogP contribution in [0.3, 0.4) is 0 Å². The van der Waals surface area contributed by atoms with Gasteiger partial charge in [0.1, 0.15) is 0 Å². The molecule has 1 saturated heterocycles. The number of hydrogen-bond donors (Lipinski definition) is 1. The van der Waals surface area contributed by atoms with Gasteiger partial charge in [-0.05, 0) is 33.2 Å². The second-order valence-electron chi connectivity index (χ2n) is 3.65. The van der Waals surface area contributed by atoms with E-state index in [1.165, 1.54) is 24.9 Å². The second kappa shape index (κ2) is 5.76. The zero-order valence-electron chi connectivity index (χ0n) is 8.59. The number of hydrogen-bond acceptors (Lipinski definition) is 1. The second-order valence-corrected chi connectivity index (χ2v) is 3.65. The summed E-state index contributed by atoms with van der Waals surface area (Å²) in [6.07, 6.45) is 2.75. The van der Waals surface area contributed by atoms with Gasteiger partial charge >= 0.3 is 0 Å². The molecule has 1 atom stereocenters. The maximum absolute atomic E-state index is 3.32.